The van der Waals surface area contributed by atoms with Crippen LogP contribution in [0.2, 0.25) is 0 Å². The maximum absolute atomic E-state index is 12.3. The summed E-state index contributed by atoms with van der Waals surface area (Å²) >= 11 is 1.58. The Morgan fingerprint density at radius 1 is 1.23 bits per heavy atom. The Hall–Kier alpha value is -2.74. The minimum absolute atomic E-state index is 0.187. The lowest BCUT2D eigenvalue weighted by Crippen LogP contribution is -2.45. The third kappa shape index (κ3) is 2.96. The number of thiazole rings is 1. The zero-order chi connectivity index (χ0) is 18.1. The first-order valence-electron chi connectivity index (χ1n) is 8.53. The topological polar surface area (TPSA) is 82.6 Å². The van der Waals surface area contributed by atoms with Crippen LogP contribution >= 0.6 is 11.3 Å². The molecule has 1 N–H and O–H groups in total. The molecule has 1 atom stereocenters. The van der Waals surface area contributed by atoms with E-state index in [2.05, 4.69) is 15.2 Å². The van der Waals surface area contributed by atoms with Crippen molar-refractivity contribution in [2.75, 3.05) is 24.5 Å². The molecule has 2 aromatic rings. The average Bonchev–Trinajstić information content (AvgIpc) is 3.37. The minimum atomic E-state index is -0.411. The van der Waals surface area contributed by atoms with Crippen LogP contribution in [0.1, 0.15) is 33.6 Å². The maximum Gasteiger partial charge on any atom is 0.262 e. The summed E-state index contributed by atoms with van der Waals surface area (Å²) in [6, 6.07) is 6.82. The molecule has 1 saturated heterocycles. The van der Waals surface area contributed by atoms with Gasteiger partial charge >= 0.3 is 0 Å². The number of hydrogen-bond acceptors (Lipinski definition) is 6. The third-order valence-electron chi connectivity index (χ3n) is 4.76. The molecule has 26 heavy (non-hydrogen) atoms. The molecule has 0 bridgehead atoms. The van der Waals surface area contributed by atoms with E-state index in [0.717, 1.165) is 29.4 Å². The summed E-state index contributed by atoms with van der Waals surface area (Å²) < 4.78 is 0. The van der Waals surface area contributed by atoms with Gasteiger partial charge in [-0.05, 0) is 25.0 Å². The number of rotatable bonds is 5. The molecule has 0 saturated carbocycles. The largest absolute Gasteiger partial charge is 0.352 e. The molecule has 2 aliphatic rings. The SMILES string of the molecule is O=C(CN1C(=O)c2ccccc2C1=O)NCC1CCCN1c1nccs1. The molecule has 8 heteroatoms. The lowest BCUT2D eigenvalue weighted by atomic mass is 10.1. The van der Waals surface area contributed by atoms with Gasteiger partial charge in [0.25, 0.3) is 11.8 Å². The van der Waals surface area contributed by atoms with Crippen LogP contribution in [0, 0.1) is 0 Å². The summed E-state index contributed by atoms with van der Waals surface area (Å²) in [6.07, 6.45) is 3.81. The van der Waals surface area contributed by atoms with Gasteiger partial charge in [0.2, 0.25) is 5.91 Å². The zero-order valence-electron chi connectivity index (χ0n) is 14.1. The summed E-state index contributed by atoms with van der Waals surface area (Å²) in [5.74, 6) is -1.15. The minimum Gasteiger partial charge on any atom is -0.352 e. The lowest BCUT2D eigenvalue weighted by molar-refractivity contribution is -0.121. The van der Waals surface area contributed by atoms with Crippen molar-refractivity contribution in [3.63, 3.8) is 0 Å². The van der Waals surface area contributed by atoms with Gasteiger partial charge in [-0.1, -0.05) is 12.1 Å². The Bertz CT molecular complexity index is 817. The van der Waals surface area contributed by atoms with Crippen LogP contribution in [0.3, 0.4) is 0 Å². The van der Waals surface area contributed by atoms with Crippen molar-refractivity contribution < 1.29 is 14.4 Å². The molecule has 0 radical (unpaired) electrons. The third-order valence-corrected chi connectivity index (χ3v) is 5.57. The van der Waals surface area contributed by atoms with Crippen molar-refractivity contribution in [2.45, 2.75) is 18.9 Å². The van der Waals surface area contributed by atoms with Gasteiger partial charge in [-0.3, -0.25) is 19.3 Å². The molecular formula is C18H18N4O3S. The number of fused-ring (bicyclic) bond motifs is 1. The van der Waals surface area contributed by atoms with E-state index < -0.39 is 11.8 Å². The molecule has 3 heterocycles. The van der Waals surface area contributed by atoms with Crippen LogP contribution in [-0.2, 0) is 4.79 Å². The van der Waals surface area contributed by atoms with Gasteiger partial charge in [0, 0.05) is 30.7 Å². The summed E-state index contributed by atoms with van der Waals surface area (Å²) in [4.78, 5) is 44.5. The predicted octanol–water partition coefficient (Wildman–Crippen LogP) is 1.52. The van der Waals surface area contributed by atoms with Crippen LogP contribution in [0.5, 0.6) is 0 Å². The molecule has 1 unspecified atom stereocenters. The Balaban J connectivity index is 1.35. The van der Waals surface area contributed by atoms with Crippen molar-refractivity contribution in [3.8, 4) is 0 Å². The fourth-order valence-corrected chi connectivity index (χ4v) is 4.21. The van der Waals surface area contributed by atoms with Crippen molar-refractivity contribution in [1.29, 1.82) is 0 Å². The standard InChI is InChI=1S/C18H18N4O3S/c23-15(11-22-16(24)13-5-1-2-6-14(13)17(22)25)20-10-12-4-3-8-21(12)18-19-7-9-26-18/h1-2,5-7,9,12H,3-4,8,10-11H2,(H,20,23). The number of amides is 3. The fourth-order valence-electron chi connectivity index (χ4n) is 3.47. The molecule has 1 aromatic heterocycles. The molecule has 134 valence electrons. The first-order valence-corrected chi connectivity index (χ1v) is 9.41. The summed E-state index contributed by atoms with van der Waals surface area (Å²) in [5.41, 5.74) is 0.715. The molecule has 7 nitrogen and oxygen atoms in total. The quantitative estimate of drug-likeness (QED) is 0.807. The molecular weight excluding hydrogens is 352 g/mol. The Morgan fingerprint density at radius 3 is 2.62 bits per heavy atom. The Morgan fingerprint density at radius 2 is 1.96 bits per heavy atom. The highest BCUT2D eigenvalue weighted by Crippen LogP contribution is 2.27. The van der Waals surface area contributed by atoms with Gasteiger partial charge in [0.05, 0.1) is 11.1 Å². The molecule has 3 amide bonds. The first kappa shape index (κ1) is 16.7. The highest BCUT2D eigenvalue weighted by molar-refractivity contribution is 7.13. The van der Waals surface area contributed by atoms with Crippen molar-refractivity contribution >= 4 is 34.2 Å². The van der Waals surface area contributed by atoms with E-state index in [4.69, 9.17) is 0 Å². The van der Waals surface area contributed by atoms with Crippen LogP contribution in [0.4, 0.5) is 5.13 Å². The monoisotopic (exact) mass is 370 g/mol. The highest BCUT2D eigenvalue weighted by Gasteiger charge is 2.36. The second kappa shape index (κ2) is 6.87. The van der Waals surface area contributed by atoms with Gasteiger partial charge in [-0.25, -0.2) is 4.98 Å². The number of hydrogen-bond donors (Lipinski definition) is 1. The zero-order valence-corrected chi connectivity index (χ0v) is 14.9. The van der Waals surface area contributed by atoms with E-state index in [-0.39, 0.29) is 18.5 Å². The molecule has 0 aliphatic carbocycles. The summed E-state index contributed by atoms with van der Waals surface area (Å²) in [7, 11) is 0. The number of imide groups is 1. The van der Waals surface area contributed by atoms with Gasteiger partial charge in [0.15, 0.2) is 5.13 Å². The van der Waals surface area contributed by atoms with Crippen LogP contribution in [-0.4, -0.2) is 53.3 Å². The molecule has 4 rings (SSSR count). The first-order chi connectivity index (χ1) is 12.6. The average molecular weight is 370 g/mol. The Kier molecular flexibility index (Phi) is 4.42. The predicted molar refractivity (Wildman–Crippen MR) is 97.3 cm³/mol. The van der Waals surface area contributed by atoms with Crippen LogP contribution < -0.4 is 10.2 Å². The van der Waals surface area contributed by atoms with E-state index in [9.17, 15) is 14.4 Å². The van der Waals surface area contributed by atoms with Gasteiger partial charge in [-0.15, -0.1) is 11.3 Å². The highest BCUT2D eigenvalue weighted by atomic mass is 32.1. The van der Waals surface area contributed by atoms with E-state index in [1.165, 1.54) is 0 Å². The van der Waals surface area contributed by atoms with E-state index in [1.807, 2.05) is 5.38 Å². The van der Waals surface area contributed by atoms with Crippen LogP contribution in [0.15, 0.2) is 35.8 Å². The number of nitrogens with zero attached hydrogens (tertiary/aromatic N) is 3. The summed E-state index contributed by atoms with van der Waals surface area (Å²) in [5, 5.41) is 5.76. The second-order valence-corrected chi connectivity index (χ2v) is 7.22. The van der Waals surface area contributed by atoms with E-state index in [0.29, 0.717) is 17.7 Å². The molecule has 0 spiro atoms. The van der Waals surface area contributed by atoms with Crippen molar-refractivity contribution in [2.24, 2.45) is 0 Å². The van der Waals surface area contributed by atoms with Gasteiger partial charge < -0.3 is 10.2 Å². The summed E-state index contributed by atoms with van der Waals surface area (Å²) in [6.45, 7) is 1.14. The second-order valence-electron chi connectivity index (χ2n) is 6.35. The maximum atomic E-state index is 12.3. The van der Waals surface area contributed by atoms with Crippen LogP contribution in [0.25, 0.3) is 0 Å². The normalized spacial score (nSPS) is 19.2. The van der Waals surface area contributed by atoms with E-state index in [1.54, 1.807) is 41.8 Å². The molecule has 1 fully saturated rings. The number of nitrogens with one attached hydrogen (secondary N) is 1. The van der Waals surface area contributed by atoms with Crippen molar-refractivity contribution in [3.05, 3.63) is 47.0 Å². The van der Waals surface area contributed by atoms with Gasteiger partial charge in [-0.2, -0.15) is 0 Å². The molecule has 1 aromatic carbocycles. The molecule has 2 aliphatic heterocycles. The number of carbonyl (C=O) groups is 3. The fraction of sp³-hybridized carbons (Fsp3) is 0.333. The number of aromatic nitrogens is 1. The number of carbonyl (C=O) groups excluding carboxylic acids is 3. The van der Waals surface area contributed by atoms with Crippen molar-refractivity contribution in [1.82, 2.24) is 15.2 Å². The van der Waals surface area contributed by atoms with E-state index >= 15 is 0 Å². The lowest BCUT2D eigenvalue weighted by Gasteiger charge is -2.24. The Labute approximate surface area is 154 Å². The number of benzene rings is 1. The number of anilines is 1. The smallest absolute Gasteiger partial charge is 0.262 e. The van der Waals surface area contributed by atoms with Gasteiger partial charge in [0.1, 0.15) is 6.54 Å².